The Morgan fingerprint density at radius 1 is 1.43 bits per heavy atom. The highest BCUT2D eigenvalue weighted by Gasteiger charge is 2.17. The Bertz CT molecular complexity index is 362. The first kappa shape index (κ1) is 10.6. The first-order chi connectivity index (χ1) is 6.52. The summed E-state index contributed by atoms with van der Waals surface area (Å²) in [5.74, 6) is -1.05. The van der Waals surface area contributed by atoms with Gasteiger partial charge in [-0.3, -0.25) is 10.1 Å². The van der Waals surface area contributed by atoms with Crippen LogP contribution in [0.1, 0.15) is 20.9 Å². The van der Waals surface area contributed by atoms with E-state index in [2.05, 4.69) is 15.9 Å². The maximum atomic E-state index is 10.5. The average Bonchev–Trinajstić information content (AvgIpc) is 2.16. The summed E-state index contributed by atoms with van der Waals surface area (Å²) in [6.45, 7) is 0. The number of hydrogen-bond acceptors (Lipinski definition) is 3. The molecule has 74 valence electrons. The Labute approximate surface area is 87.6 Å². The zero-order valence-electron chi connectivity index (χ0n) is 6.88. The van der Waals surface area contributed by atoms with Gasteiger partial charge in [-0.1, -0.05) is 12.1 Å². The molecule has 0 aliphatic carbocycles. The molecule has 0 aromatic heterocycles. The first-order valence-corrected chi connectivity index (χ1v) is 4.55. The van der Waals surface area contributed by atoms with Crippen molar-refractivity contribution in [3.8, 4) is 0 Å². The lowest BCUT2D eigenvalue weighted by Crippen LogP contribution is -2.03. The molecule has 0 saturated carbocycles. The van der Waals surface area contributed by atoms with Crippen molar-refractivity contribution in [1.29, 1.82) is 0 Å². The normalized spacial score (nSPS) is 12.1. The fourth-order valence-electron chi connectivity index (χ4n) is 0.906. The van der Waals surface area contributed by atoms with Crippen LogP contribution in [0.3, 0.4) is 0 Å². The smallest absolute Gasteiger partial charge is 0.335 e. The molecular formula is C8H6BrNO4. The van der Waals surface area contributed by atoms with E-state index < -0.39 is 15.8 Å². The number of rotatable bonds is 3. The minimum absolute atomic E-state index is 0.108. The number of carboxylic acids is 1. The number of alkyl halides is 1. The van der Waals surface area contributed by atoms with Gasteiger partial charge in [0.05, 0.1) is 5.56 Å². The monoisotopic (exact) mass is 259 g/mol. The predicted molar refractivity (Wildman–Crippen MR) is 52.1 cm³/mol. The molecule has 5 nitrogen and oxygen atoms in total. The third-order valence-corrected chi connectivity index (χ3v) is 2.48. The van der Waals surface area contributed by atoms with Gasteiger partial charge in [-0.25, -0.2) is 4.79 Å². The van der Waals surface area contributed by atoms with Gasteiger partial charge in [0, 0.05) is 26.4 Å². The fourth-order valence-corrected chi connectivity index (χ4v) is 1.21. The van der Waals surface area contributed by atoms with Crippen LogP contribution in [-0.2, 0) is 0 Å². The standard InChI is InChI=1S/C8H6BrNO4/c9-7(10(13)14)5-1-3-6(4-2-5)8(11)12/h1-4,7H,(H,11,12). The molecule has 1 N–H and O–H groups in total. The van der Waals surface area contributed by atoms with Crippen molar-refractivity contribution in [2.24, 2.45) is 0 Å². The number of aromatic carboxylic acids is 1. The van der Waals surface area contributed by atoms with Crippen molar-refractivity contribution < 1.29 is 14.8 Å². The Balaban J connectivity index is 2.94. The molecule has 1 aromatic rings. The SMILES string of the molecule is O=C(O)c1ccc(C(Br)[N+](=O)[O-])cc1. The molecule has 1 rings (SSSR count). The van der Waals surface area contributed by atoms with E-state index in [1.165, 1.54) is 24.3 Å². The van der Waals surface area contributed by atoms with Gasteiger partial charge < -0.3 is 5.11 Å². The number of carboxylic acid groups (broad SMARTS) is 1. The Morgan fingerprint density at radius 3 is 2.29 bits per heavy atom. The van der Waals surface area contributed by atoms with Gasteiger partial charge in [-0.15, -0.1) is 0 Å². The molecule has 0 fully saturated rings. The summed E-state index contributed by atoms with van der Waals surface area (Å²) in [5, 5.41) is 18.9. The van der Waals surface area contributed by atoms with E-state index in [1.807, 2.05) is 0 Å². The summed E-state index contributed by atoms with van der Waals surface area (Å²) < 4.78 is 0. The molecule has 0 aliphatic rings. The Kier molecular flexibility index (Phi) is 3.19. The van der Waals surface area contributed by atoms with Crippen molar-refractivity contribution >= 4 is 21.9 Å². The van der Waals surface area contributed by atoms with Crippen LogP contribution in [0, 0.1) is 10.1 Å². The number of hydrogen-bond donors (Lipinski definition) is 1. The molecule has 0 saturated heterocycles. The summed E-state index contributed by atoms with van der Waals surface area (Å²) in [7, 11) is 0. The average molecular weight is 260 g/mol. The second kappa shape index (κ2) is 4.19. The fraction of sp³-hybridized carbons (Fsp3) is 0.125. The van der Waals surface area contributed by atoms with Gasteiger partial charge in [0.15, 0.2) is 0 Å². The van der Waals surface area contributed by atoms with E-state index in [0.29, 0.717) is 5.56 Å². The summed E-state index contributed by atoms with van der Waals surface area (Å²) in [5.41, 5.74) is 0.525. The van der Waals surface area contributed by atoms with E-state index in [1.54, 1.807) is 0 Å². The predicted octanol–water partition coefficient (Wildman–Crippen LogP) is 2.05. The second-order valence-electron chi connectivity index (χ2n) is 2.55. The largest absolute Gasteiger partial charge is 0.478 e. The van der Waals surface area contributed by atoms with E-state index in [-0.39, 0.29) is 5.56 Å². The highest BCUT2D eigenvalue weighted by atomic mass is 79.9. The summed E-state index contributed by atoms with van der Waals surface area (Å²) in [4.78, 5) is 19.3. The van der Waals surface area contributed by atoms with Gasteiger partial charge in [-0.05, 0) is 12.1 Å². The first-order valence-electron chi connectivity index (χ1n) is 3.63. The van der Waals surface area contributed by atoms with Crippen LogP contribution in [0.2, 0.25) is 0 Å². The lowest BCUT2D eigenvalue weighted by Gasteiger charge is -2.01. The minimum atomic E-state index is -1.05. The number of nitro groups is 1. The van der Waals surface area contributed by atoms with Crippen molar-refractivity contribution in [1.82, 2.24) is 0 Å². The van der Waals surface area contributed by atoms with Crippen LogP contribution < -0.4 is 0 Å². The van der Waals surface area contributed by atoms with Crippen LogP contribution in [0.15, 0.2) is 24.3 Å². The lowest BCUT2D eigenvalue weighted by atomic mass is 10.1. The quantitative estimate of drug-likeness (QED) is 0.390. The van der Waals surface area contributed by atoms with E-state index in [9.17, 15) is 14.9 Å². The zero-order chi connectivity index (χ0) is 10.7. The van der Waals surface area contributed by atoms with Gasteiger partial charge >= 0.3 is 5.97 Å². The van der Waals surface area contributed by atoms with Crippen LogP contribution in [0.4, 0.5) is 0 Å². The molecule has 0 aliphatic heterocycles. The Hall–Kier alpha value is -1.43. The number of carbonyl (C=O) groups is 1. The van der Waals surface area contributed by atoms with E-state index >= 15 is 0 Å². The van der Waals surface area contributed by atoms with Crippen LogP contribution in [0.25, 0.3) is 0 Å². The maximum absolute atomic E-state index is 10.5. The number of nitrogens with zero attached hydrogens (tertiary/aromatic N) is 1. The molecule has 0 amide bonds. The minimum Gasteiger partial charge on any atom is -0.478 e. The summed E-state index contributed by atoms with van der Waals surface area (Å²) in [6, 6.07) is 5.47. The van der Waals surface area contributed by atoms with Crippen LogP contribution in [0.5, 0.6) is 0 Å². The van der Waals surface area contributed by atoms with E-state index in [0.717, 1.165) is 0 Å². The van der Waals surface area contributed by atoms with Gasteiger partial charge in [0.2, 0.25) is 0 Å². The van der Waals surface area contributed by atoms with Crippen molar-refractivity contribution in [3.63, 3.8) is 0 Å². The maximum Gasteiger partial charge on any atom is 0.335 e. The molecule has 1 atom stereocenters. The zero-order valence-corrected chi connectivity index (χ0v) is 8.47. The van der Waals surface area contributed by atoms with Crippen molar-refractivity contribution in [2.75, 3.05) is 0 Å². The number of halogens is 1. The summed E-state index contributed by atoms with van der Waals surface area (Å²) in [6.07, 6.45) is 0. The third-order valence-electron chi connectivity index (χ3n) is 1.62. The molecule has 1 unspecified atom stereocenters. The molecular weight excluding hydrogens is 254 g/mol. The van der Waals surface area contributed by atoms with Crippen LogP contribution >= 0.6 is 15.9 Å². The summed E-state index contributed by atoms with van der Waals surface area (Å²) >= 11 is 2.87. The lowest BCUT2D eigenvalue weighted by molar-refractivity contribution is -0.498. The molecule has 0 spiro atoms. The molecule has 6 heteroatoms. The molecule has 0 heterocycles. The number of benzene rings is 1. The van der Waals surface area contributed by atoms with Gasteiger partial charge in [0.1, 0.15) is 0 Å². The highest BCUT2D eigenvalue weighted by Crippen LogP contribution is 2.22. The molecule has 0 radical (unpaired) electrons. The molecule has 1 aromatic carbocycles. The van der Waals surface area contributed by atoms with Gasteiger partial charge in [0.25, 0.3) is 4.95 Å². The molecule has 14 heavy (non-hydrogen) atoms. The van der Waals surface area contributed by atoms with Gasteiger partial charge in [-0.2, -0.15) is 0 Å². The van der Waals surface area contributed by atoms with Crippen molar-refractivity contribution in [3.05, 3.63) is 45.5 Å². The Morgan fingerprint density at radius 2 is 1.93 bits per heavy atom. The second-order valence-corrected chi connectivity index (χ2v) is 3.42. The highest BCUT2D eigenvalue weighted by molar-refractivity contribution is 9.09. The van der Waals surface area contributed by atoms with Crippen molar-refractivity contribution in [2.45, 2.75) is 4.95 Å². The third kappa shape index (κ3) is 2.29. The van der Waals surface area contributed by atoms with Crippen LogP contribution in [-0.4, -0.2) is 16.0 Å². The topological polar surface area (TPSA) is 80.4 Å². The molecule has 0 bridgehead atoms. The van der Waals surface area contributed by atoms with E-state index in [4.69, 9.17) is 5.11 Å².